The minimum atomic E-state index is -0.415. The number of benzene rings is 1. The molecule has 0 saturated carbocycles. The van der Waals surface area contributed by atoms with Crippen LogP contribution in [0.1, 0.15) is 12.6 Å². The fraction of sp³-hybridized carbons (Fsp3) is 0.214. The Kier molecular flexibility index (Phi) is 3.32. The minimum absolute atomic E-state index is 0.115. The van der Waals surface area contributed by atoms with Gasteiger partial charge in [0.25, 0.3) is 0 Å². The van der Waals surface area contributed by atoms with Crippen LogP contribution in [0.15, 0.2) is 41.4 Å². The summed E-state index contributed by atoms with van der Waals surface area (Å²) in [4.78, 5) is 20.3. The Morgan fingerprint density at radius 3 is 2.82 bits per heavy atom. The van der Waals surface area contributed by atoms with E-state index in [4.69, 9.17) is 6.11 Å². The third-order valence-electron chi connectivity index (χ3n) is 3.06. The van der Waals surface area contributed by atoms with Gasteiger partial charge in [0.2, 0.25) is 0 Å². The van der Waals surface area contributed by atoms with Gasteiger partial charge in [-0.3, -0.25) is 4.98 Å². The lowest BCUT2D eigenvalue weighted by Gasteiger charge is -2.10. The van der Waals surface area contributed by atoms with Gasteiger partial charge in [0.05, 0.1) is 1.37 Å². The first-order valence-corrected chi connectivity index (χ1v) is 6.55. The number of ether oxygens (including phenoxy) is 1. The van der Waals surface area contributed by atoms with Crippen molar-refractivity contribution in [1.29, 1.82) is 0 Å². The molecule has 3 rings (SSSR count). The topological polar surface area (TPSA) is 87.7 Å². The van der Waals surface area contributed by atoms with Crippen molar-refractivity contribution in [3.63, 3.8) is 0 Å². The van der Waals surface area contributed by atoms with E-state index in [-0.39, 0.29) is 12.4 Å². The molecule has 8 nitrogen and oxygen atoms in total. The number of nitrogens with zero attached hydrogens (tertiary/aromatic N) is 6. The van der Waals surface area contributed by atoms with Crippen LogP contribution >= 0.6 is 0 Å². The summed E-state index contributed by atoms with van der Waals surface area (Å²) < 4.78 is 15.5. The van der Waals surface area contributed by atoms with Gasteiger partial charge in [-0.05, 0) is 29.0 Å². The number of rotatable bonds is 4. The van der Waals surface area contributed by atoms with E-state index in [9.17, 15) is 4.79 Å². The zero-order valence-corrected chi connectivity index (χ0v) is 12.1. The van der Waals surface area contributed by atoms with Gasteiger partial charge in [-0.25, -0.2) is 9.78 Å². The smallest absolute Gasteiger partial charge is 0.369 e. The second kappa shape index (κ2) is 5.76. The summed E-state index contributed by atoms with van der Waals surface area (Å²) >= 11 is 0. The Morgan fingerprint density at radius 2 is 2.09 bits per heavy atom. The molecule has 0 saturated heterocycles. The molecular weight excluding hydrogens is 284 g/mol. The van der Waals surface area contributed by atoms with E-state index in [1.807, 2.05) is 6.92 Å². The molecule has 0 aliphatic heterocycles. The molecule has 0 aliphatic carbocycles. The van der Waals surface area contributed by atoms with Crippen molar-refractivity contribution in [1.82, 2.24) is 29.8 Å². The highest BCUT2D eigenvalue weighted by Crippen LogP contribution is 2.18. The maximum atomic E-state index is 12.0. The van der Waals surface area contributed by atoms with Crippen LogP contribution in [-0.2, 0) is 13.7 Å². The molecule has 1 aromatic carbocycles. The maximum absolute atomic E-state index is 12.0. The predicted octanol–water partition coefficient (Wildman–Crippen LogP) is 0.643. The molecule has 112 valence electrons. The van der Waals surface area contributed by atoms with Gasteiger partial charge < -0.3 is 4.74 Å². The van der Waals surface area contributed by atoms with Gasteiger partial charge >= 0.3 is 5.69 Å². The molecule has 0 unspecified atom stereocenters. The quantitative estimate of drug-likeness (QED) is 0.703. The van der Waals surface area contributed by atoms with Crippen LogP contribution in [0.4, 0.5) is 0 Å². The molecule has 3 aromatic rings. The standard InChI is InChI=1S/C14H14N6O2/c1-10-5-3-4-6-12(10)22-9-11-13(16-8-7-15-11)20-14(21)19(2)17-18-20/h3-8H,9H2,1-2H3/i3T. The van der Waals surface area contributed by atoms with Crippen LogP contribution in [0, 0.1) is 6.92 Å². The Morgan fingerprint density at radius 1 is 1.27 bits per heavy atom. The first kappa shape index (κ1) is 12.7. The van der Waals surface area contributed by atoms with E-state index in [2.05, 4.69) is 20.4 Å². The third-order valence-corrected chi connectivity index (χ3v) is 3.06. The van der Waals surface area contributed by atoms with Crippen molar-refractivity contribution in [2.24, 2.45) is 7.05 Å². The highest BCUT2D eigenvalue weighted by atomic mass is 16.5. The number of para-hydroxylation sites is 1. The van der Waals surface area contributed by atoms with Crippen LogP contribution in [0.3, 0.4) is 0 Å². The molecule has 0 amide bonds. The molecule has 22 heavy (non-hydrogen) atoms. The molecule has 0 N–H and O–H groups in total. The summed E-state index contributed by atoms with van der Waals surface area (Å²) in [6, 6.07) is 5.50. The maximum Gasteiger partial charge on any atom is 0.369 e. The Hall–Kier alpha value is -3.03. The van der Waals surface area contributed by atoms with E-state index >= 15 is 0 Å². The van der Waals surface area contributed by atoms with Crippen molar-refractivity contribution >= 4 is 0 Å². The van der Waals surface area contributed by atoms with Gasteiger partial charge in [-0.15, -0.1) is 4.68 Å². The van der Waals surface area contributed by atoms with E-state index in [1.165, 1.54) is 19.4 Å². The van der Waals surface area contributed by atoms with Gasteiger partial charge in [-0.2, -0.15) is 4.68 Å². The van der Waals surface area contributed by atoms with Crippen LogP contribution in [0.5, 0.6) is 5.75 Å². The average molecular weight is 300 g/mol. The number of hydrogen-bond acceptors (Lipinski definition) is 6. The fourth-order valence-corrected chi connectivity index (χ4v) is 1.89. The number of tetrazole rings is 1. The monoisotopic (exact) mass is 300 g/mol. The van der Waals surface area contributed by atoms with Gasteiger partial charge in [0.15, 0.2) is 5.82 Å². The Balaban J connectivity index is 1.89. The Bertz CT molecular complexity index is 904. The van der Waals surface area contributed by atoms with Crippen LogP contribution in [0.2, 0.25) is 0 Å². The number of aromatic nitrogens is 6. The second-order valence-corrected chi connectivity index (χ2v) is 4.60. The minimum Gasteiger partial charge on any atom is -0.487 e. The van der Waals surface area contributed by atoms with Crippen LogP contribution in [0.25, 0.3) is 5.82 Å². The summed E-state index contributed by atoms with van der Waals surface area (Å²) in [6.45, 7) is 1.97. The first-order valence-electron chi connectivity index (χ1n) is 7.05. The molecule has 0 bridgehead atoms. The molecule has 0 atom stereocenters. The van der Waals surface area contributed by atoms with E-state index in [0.29, 0.717) is 17.5 Å². The lowest BCUT2D eigenvalue weighted by atomic mass is 10.2. The van der Waals surface area contributed by atoms with Crippen molar-refractivity contribution in [3.8, 4) is 11.6 Å². The Labute approximate surface area is 127 Å². The zero-order valence-electron chi connectivity index (χ0n) is 13.1. The zero-order chi connectivity index (χ0) is 16.4. The number of hydrogen-bond donors (Lipinski definition) is 0. The van der Waals surface area contributed by atoms with E-state index in [1.54, 1.807) is 18.2 Å². The van der Waals surface area contributed by atoms with Gasteiger partial charge in [0, 0.05) is 19.4 Å². The highest BCUT2D eigenvalue weighted by molar-refractivity contribution is 5.32. The number of aryl methyl sites for hydroxylation is 2. The molecule has 8 heteroatoms. The average Bonchev–Trinajstić information content (AvgIpc) is 2.86. The lowest BCUT2D eigenvalue weighted by molar-refractivity contribution is 0.298. The summed E-state index contributed by atoms with van der Waals surface area (Å²) in [5.74, 6) is 0.921. The molecule has 0 fully saturated rings. The van der Waals surface area contributed by atoms with Gasteiger partial charge in [0.1, 0.15) is 18.1 Å². The first-order chi connectivity index (χ1) is 11.1. The summed E-state index contributed by atoms with van der Waals surface area (Å²) in [7, 11) is 1.50. The summed E-state index contributed by atoms with van der Waals surface area (Å²) in [5, 5.41) is 7.43. The summed E-state index contributed by atoms with van der Waals surface area (Å²) in [6.07, 6.45) is 2.99. The van der Waals surface area contributed by atoms with Crippen molar-refractivity contribution in [2.45, 2.75) is 13.5 Å². The molecule has 0 radical (unpaired) electrons. The lowest BCUT2D eigenvalue weighted by Crippen LogP contribution is -2.24. The van der Waals surface area contributed by atoms with Crippen LogP contribution in [-0.4, -0.2) is 29.8 Å². The van der Waals surface area contributed by atoms with E-state index in [0.717, 1.165) is 14.9 Å². The van der Waals surface area contributed by atoms with E-state index < -0.39 is 5.69 Å². The second-order valence-electron chi connectivity index (χ2n) is 4.60. The normalized spacial score (nSPS) is 11.3. The van der Waals surface area contributed by atoms with Crippen molar-refractivity contribution in [3.05, 3.63) is 58.4 Å². The largest absolute Gasteiger partial charge is 0.487 e. The summed E-state index contributed by atoms with van der Waals surface area (Å²) in [5.41, 5.74) is 0.894. The molecule has 0 spiro atoms. The molecule has 2 heterocycles. The molecule has 2 aromatic heterocycles. The van der Waals surface area contributed by atoms with Crippen molar-refractivity contribution in [2.75, 3.05) is 0 Å². The molecular formula is C14H14N6O2. The fourth-order valence-electron chi connectivity index (χ4n) is 1.89. The van der Waals surface area contributed by atoms with Gasteiger partial charge in [-0.1, -0.05) is 18.2 Å². The molecule has 0 aliphatic rings. The SMILES string of the molecule is [3H]c1ccc(OCc2nccnc2-n2nnn(C)c2=O)c(C)c1. The third kappa shape index (κ3) is 2.58. The van der Waals surface area contributed by atoms with Crippen molar-refractivity contribution < 1.29 is 6.11 Å². The predicted molar refractivity (Wildman–Crippen MR) is 77.7 cm³/mol. The van der Waals surface area contributed by atoms with Crippen LogP contribution < -0.4 is 10.4 Å². The highest BCUT2D eigenvalue weighted by Gasteiger charge is 2.14.